The molecule has 2 rings (SSSR count). The Bertz CT molecular complexity index is 385. The Balaban J connectivity index is 1.72. The molecule has 1 atom stereocenters. The van der Waals surface area contributed by atoms with Crippen LogP contribution in [-0.4, -0.2) is 18.1 Å². The van der Waals surface area contributed by atoms with Crippen molar-refractivity contribution in [2.45, 2.75) is 57.7 Å². The molecule has 104 valence electrons. The monoisotopic (exact) mass is 261 g/mol. The van der Waals surface area contributed by atoms with Crippen molar-refractivity contribution in [3.05, 3.63) is 35.9 Å². The number of rotatable bonds is 5. The first-order valence-electron chi connectivity index (χ1n) is 7.23. The zero-order chi connectivity index (χ0) is 13.5. The molecule has 0 amide bonds. The number of hydrogen-bond acceptors (Lipinski definition) is 3. The topological polar surface area (TPSA) is 38.3 Å². The average Bonchev–Trinajstić information content (AvgIpc) is 2.47. The van der Waals surface area contributed by atoms with Crippen molar-refractivity contribution in [2.75, 3.05) is 0 Å². The van der Waals surface area contributed by atoms with E-state index in [1.807, 2.05) is 37.3 Å². The zero-order valence-electron chi connectivity index (χ0n) is 11.6. The fourth-order valence-corrected chi connectivity index (χ4v) is 2.40. The van der Waals surface area contributed by atoms with E-state index in [0.29, 0.717) is 6.54 Å². The normalized spacial score (nSPS) is 17.9. The van der Waals surface area contributed by atoms with Gasteiger partial charge in [-0.15, -0.1) is 0 Å². The number of esters is 1. The van der Waals surface area contributed by atoms with Crippen LogP contribution in [0.5, 0.6) is 0 Å². The molecule has 1 unspecified atom stereocenters. The van der Waals surface area contributed by atoms with Gasteiger partial charge in [0.05, 0.1) is 0 Å². The van der Waals surface area contributed by atoms with E-state index in [1.54, 1.807) is 0 Å². The van der Waals surface area contributed by atoms with Crippen molar-refractivity contribution in [1.82, 2.24) is 5.32 Å². The van der Waals surface area contributed by atoms with Crippen molar-refractivity contribution in [2.24, 2.45) is 0 Å². The molecular weight excluding hydrogens is 238 g/mol. The lowest BCUT2D eigenvalue weighted by molar-refractivity contribution is -0.152. The van der Waals surface area contributed by atoms with Crippen LogP contribution < -0.4 is 5.32 Å². The van der Waals surface area contributed by atoms with Crippen molar-refractivity contribution in [3.63, 3.8) is 0 Å². The molecule has 1 fully saturated rings. The molecule has 0 radical (unpaired) electrons. The van der Waals surface area contributed by atoms with Crippen LogP contribution in [0.1, 0.15) is 44.6 Å². The van der Waals surface area contributed by atoms with Crippen LogP contribution in [0.3, 0.4) is 0 Å². The van der Waals surface area contributed by atoms with Gasteiger partial charge in [0.25, 0.3) is 0 Å². The minimum Gasteiger partial charge on any atom is -0.461 e. The Labute approximate surface area is 115 Å². The standard InChI is InChI=1S/C16H23NO2/c1-13(17-12-14-8-4-2-5-9-14)16(18)19-15-10-6-3-7-11-15/h2,4-5,8-9,13,15,17H,3,6-7,10-12H2,1H3. The molecule has 3 nitrogen and oxygen atoms in total. The van der Waals surface area contributed by atoms with E-state index in [2.05, 4.69) is 5.32 Å². The summed E-state index contributed by atoms with van der Waals surface area (Å²) in [5.41, 5.74) is 1.18. The van der Waals surface area contributed by atoms with Crippen LogP contribution in [0.2, 0.25) is 0 Å². The summed E-state index contributed by atoms with van der Waals surface area (Å²) in [6, 6.07) is 9.84. The SMILES string of the molecule is CC(NCc1ccccc1)C(=O)OC1CCCCC1. The van der Waals surface area contributed by atoms with Crippen LogP contribution in [0.25, 0.3) is 0 Å². The molecule has 0 spiro atoms. The van der Waals surface area contributed by atoms with Crippen molar-refractivity contribution >= 4 is 5.97 Å². The second-order valence-electron chi connectivity index (χ2n) is 5.29. The van der Waals surface area contributed by atoms with Gasteiger partial charge in [-0.25, -0.2) is 0 Å². The van der Waals surface area contributed by atoms with Crippen LogP contribution in [0, 0.1) is 0 Å². The van der Waals surface area contributed by atoms with Crippen LogP contribution in [0.4, 0.5) is 0 Å². The third kappa shape index (κ3) is 4.67. The molecule has 0 bridgehead atoms. The Morgan fingerprint density at radius 1 is 1.26 bits per heavy atom. The fraction of sp³-hybridized carbons (Fsp3) is 0.562. The third-order valence-electron chi connectivity index (χ3n) is 3.64. The van der Waals surface area contributed by atoms with E-state index in [0.717, 1.165) is 12.8 Å². The van der Waals surface area contributed by atoms with Gasteiger partial charge in [-0.1, -0.05) is 36.8 Å². The maximum absolute atomic E-state index is 11.9. The summed E-state index contributed by atoms with van der Waals surface area (Å²) in [6.07, 6.45) is 5.83. The summed E-state index contributed by atoms with van der Waals surface area (Å²) in [5.74, 6) is -0.122. The maximum atomic E-state index is 11.9. The van der Waals surface area contributed by atoms with Crippen molar-refractivity contribution < 1.29 is 9.53 Å². The van der Waals surface area contributed by atoms with Gasteiger partial charge < -0.3 is 10.1 Å². The van der Waals surface area contributed by atoms with Crippen LogP contribution >= 0.6 is 0 Å². The first-order valence-corrected chi connectivity index (χ1v) is 7.23. The first kappa shape index (κ1) is 14.1. The number of ether oxygens (including phenoxy) is 1. The molecule has 1 aromatic rings. The van der Waals surface area contributed by atoms with E-state index in [9.17, 15) is 4.79 Å². The molecule has 0 aromatic heterocycles. The lowest BCUT2D eigenvalue weighted by Gasteiger charge is -2.23. The highest BCUT2D eigenvalue weighted by atomic mass is 16.5. The number of carbonyl (C=O) groups excluding carboxylic acids is 1. The summed E-state index contributed by atoms with van der Waals surface area (Å²) >= 11 is 0. The summed E-state index contributed by atoms with van der Waals surface area (Å²) in [6.45, 7) is 2.57. The summed E-state index contributed by atoms with van der Waals surface area (Å²) in [5, 5.41) is 3.21. The van der Waals surface area contributed by atoms with Crippen LogP contribution in [-0.2, 0) is 16.1 Å². The zero-order valence-corrected chi connectivity index (χ0v) is 11.6. The molecule has 1 aliphatic rings. The van der Waals surface area contributed by atoms with Gasteiger partial charge in [0, 0.05) is 6.54 Å². The van der Waals surface area contributed by atoms with Crippen molar-refractivity contribution in [3.8, 4) is 0 Å². The molecule has 1 saturated carbocycles. The van der Waals surface area contributed by atoms with Gasteiger partial charge in [-0.05, 0) is 38.2 Å². The molecule has 3 heteroatoms. The van der Waals surface area contributed by atoms with Gasteiger partial charge in [-0.3, -0.25) is 4.79 Å². The molecule has 1 aliphatic carbocycles. The maximum Gasteiger partial charge on any atom is 0.323 e. The Morgan fingerprint density at radius 2 is 1.95 bits per heavy atom. The Kier molecular flexibility index (Phi) is 5.40. The fourth-order valence-electron chi connectivity index (χ4n) is 2.40. The molecule has 0 aliphatic heterocycles. The van der Waals surface area contributed by atoms with Crippen molar-refractivity contribution in [1.29, 1.82) is 0 Å². The second kappa shape index (κ2) is 7.29. The Hall–Kier alpha value is -1.35. The second-order valence-corrected chi connectivity index (χ2v) is 5.29. The van der Waals surface area contributed by atoms with E-state index in [1.165, 1.54) is 24.8 Å². The molecular formula is C16H23NO2. The summed E-state index contributed by atoms with van der Waals surface area (Å²) in [7, 11) is 0. The minimum absolute atomic E-state index is 0.122. The Morgan fingerprint density at radius 3 is 2.63 bits per heavy atom. The number of benzene rings is 1. The van der Waals surface area contributed by atoms with Gasteiger partial charge in [0.1, 0.15) is 12.1 Å². The highest BCUT2D eigenvalue weighted by molar-refractivity contribution is 5.75. The summed E-state index contributed by atoms with van der Waals surface area (Å²) in [4.78, 5) is 11.9. The molecule has 19 heavy (non-hydrogen) atoms. The molecule has 0 heterocycles. The van der Waals surface area contributed by atoms with E-state index in [4.69, 9.17) is 4.74 Å². The number of nitrogens with one attached hydrogen (secondary N) is 1. The number of hydrogen-bond donors (Lipinski definition) is 1. The number of carbonyl (C=O) groups is 1. The summed E-state index contributed by atoms with van der Waals surface area (Å²) < 4.78 is 5.54. The largest absolute Gasteiger partial charge is 0.461 e. The van der Waals surface area contributed by atoms with Gasteiger partial charge in [0.2, 0.25) is 0 Å². The highest BCUT2D eigenvalue weighted by Gasteiger charge is 2.21. The predicted octanol–water partition coefficient (Wildman–Crippen LogP) is 3.04. The van der Waals surface area contributed by atoms with E-state index < -0.39 is 0 Å². The van der Waals surface area contributed by atoms with Gasteiger partial charge >= 0.3 is 5.97 Å². The average molecular weight is 261 g/mol. The quantitative estimate of drug-likeness (QED) is 0.828. The highest BCUT2D eigenvalue weighted by Crippen LogP contribution is 2.20. The van der Waals surface area contributed by atoms with Gasteiger partial charge in [0.15, 0.2) is 0 Å². The lowest BCUT2D eigenvalue weighted by Crippen LogP contribution is -2.37. The van der Waals surface area contributed by atoms with Crippen LogP contribution in [0.15, 0.2) is 30.3 Å². The molecule has 0 saturated heterocycles. The molecule has 1 aromatic carbocycles. The smallest absolute Gasteiger partial charge is 0.323 e. The lowest BCUT2D eigenvalue weighted by atomic mass is 9.98. The van der Waals surface area contributed by atoms with E-state index in [-0.39, 0.29) is 18.1 Å². The third-order valence-corrected chi connectivity index (χ3v) is 3.64. The van der Waals surface area contributed by atoms with Gasteiger partial charge in [-0.2, -0.15) is 0 Å². The van der Waals surface area contributed by atoms with E-state index >= 15 is 0 Å². The molecule has 1 N–H and O–H groups in total. The minimum atomic E-state index is -0.248. The predicted molar refractivity (Wildman–Crippen MR) is 75.7 cm³/mol. The first-order chi connectivity index (χ1) is 9.25.